The van der Waals surface area contributed by atoms with E-state index in [2.05, 4.69) is 29.3 Å². The Balaban J connectivity index is 1.96. The van der Waals surface area contributed by atoms with Crippen LogP contribution in [0.4, 0.5) is 5.69 Å². The first-order valence-corrected chi connectivity index (χ1v) is 7.76. The van der Waals surface area contributed by atoms with E-state index >= 15 is 0 Å². The van der Waals surface area contributed by atoms with Crippen LogP contribution >= 0.6 is 11.6 Å². The zero-order chi connectivity index (χ0) is 15.9. The summed E-state index contributed by atoms with van der Waals surface area (Å²) in [5.41, 5.74) is 2.52. The summed E-state index contributed by atoms with van der Waals surface area (Å²) in [5.74, 6) is -0.197. The molecule has 1 fully saturated rings. The van der Waals surface area contributed by atoms with Crippen LogP contribution in [0.3, 0.4) is 0 Å². The van der Waals surface area contributed by atoms with Gasteiger partial charge in [0.15, 0.2) is 0 Å². The van der Waals surface area contributed by atoms with Crippen molar-refractivity contribution in [3.8, 4) is 0 Å². The highest BCUT2D eigenvalue weighted by Crippen LogP contribution is 2.15. The van der Waals surface area contributed by atoms with Gasteiger partial charge in [-0.15, -0.1) is 0 Å². The third kappa shape index (κ3) is 4.86. The van der Waals surface area contributed by atoms with Gasteiger partial charge in [0.25, 0.3) is 5.91 Å². The van der Waals surface area contributed by atoms with Crippen LogP contribution in [0.25, 0.3) is 0 Å². The minimum Gasteiger partial charge on any atom is -0.322 e. The Kier molecular flexibility index (Phi) is 5.99. The van der Waals surface area contributed by atoms with Crippen molar-refractivity contribution in [3.05, 3.63) is 65.2 Å². The van der Waals surface area contributed by atoms with Crippen LogP contribution in [0, 0.1) is 0 Å². The average Bonchev–Trinajstić information content (AvgIpc) is 2.45. The number of allylic oxidation sites excluding steroid dienone is 3. The lowest BCUT2D eigenvalue weighted by atomic mass is 9.98. The standard InChI is InChI=1S/C18H21ClN2O/c1-3-15(7-4-13(2)19)18(22)21-16-8-5-14(6-9-16)12-17-10-11-20-17/h3-9,17,20H,1,10-12H2,2H3,(H,21,22)/b13-4+,15-7+. The van der Waals surface area contributed by atoms with E-state index in [1.165, 1.54) is 18.1 Å². The highest BCUT2D eigenvalue weighted by Gasteiger charge is 2.16. The molecule has 0 aliphatic carbocycles. The molecule has 1 unspecified atom stereocenters. The molecule has 1 aliphatic rings. The lowest BCUT2D eigenvalue weighted by Gasteiger charge is -2.27. The van der Waals surface area contributed by atoms with Gasteiger partial charge in [0.05, 0.1) is 0 Å². The summed E-state index contributed by atoms with van der Waals surface area (Å²) < 4.78 is 0. The summed E-state index contributed by atoms with van der Waals surface area (Å²) in [5, 5.41) is 6.85. The van der Waals surface area contributed by atoms with Gasteiger partial charge in [-0.05, 0) is 56.2 Å². The fraction of sp³-hybridized carbons (Fsp3) is 0.278. The minimum atomic E-state index is -0.197. The predicted molar refractivity (Wildman–Crippen MR) is 93.1 cm³/mol. The second-order valence-electron chi connectivity index (χ2n) is 5.37. The quantitative estimate of drug-likeness (QED) is 0.619. The molecule has 1 aromatic carbocycles. The Morgan fingerprint density at radius 1 is 1.41 bits per heavy atom. The van der Waals surface area contributed by atoms with Gasteiger partial charge in [0.1, 0.15) is 0 Å². The number of hydrogen-bond acceptors (Lipinski definition) is 2. The van der Waals surface area contributed by atoms with Gasteiger partial charge in [-0.1, -0.05) is 36.4 Å². The molecular weight excluding hydrogens is 296 g/mol. The normalized spacial score (nSPS) is 18.5. The van der Waals surface area contributed by atoms with E-state index in [4.69, 9.17) is 11.6 Å². The molecule has 2 N–H and O–H groups in total. The lowest BCUT2D eigenvalue weighted by Crippen LogP contribution is -2.44. The molecule has 1 aliphatic heterocycles. The van der Waals surface area contributed by atoms with Crippen molar-refractivity contribution in [3.63, 3.8) is 0 Å². The topological polar surface area (TPSA) is 41.1 Å². The molecule has 1 saturated heterocycles. The van der Waals surface area contributed by atoms with Gasteiger partial charge in [-0.2, -0.15) is 0 Å². The van der Waals surface area contributed by atoms with Gasteiger partial charge in [-0.3, -0.25) is 4.79 Å². The molecule has 4 heteroatoms. The van der Waals surface area contributed by atoms with Crippen molar-refractivity contribution < 1.29 is 4.79 Å². The number of benzene rings is 1. The van der Waals surface area contributed by atoms with E-state index in [1.807, 2.05) is 12.1 Å². The smallest absolute Gasteiger partial charge is 0.255 e. The number of hydrogen-bond donors (Lipinski definition) is 2. The fourth-order valence-corrected chi connectivity index (χ4v) is 2.24. The predicted octanol–water partition coefficient (Wildman–Crippen LogP) is 3.78. The summed E-state index contributed by atoms with van der Waals surface area (Å²) >= 11 is 5.76. The first-order chi connectivity index (χ1) is 10.6. The number of nitrogens with one attached hydrogen (secondary N) is 2. The third-order valence-electron chi connectivity index (χ3n) is 3.59. The molecule has 2 rings (SSSR count). The molecule has 1 aromatic rings. The monoisotopic (exact) mass is 316 g/mol. The van der Waals surface area contributed by atoms with E-state index in [0.29, 0.717) is 16.6 Å². The van der Waals surface area contributed by atoms with Crippen molar-refractivity contribution in [1.29, 1.82) is 0 Å². The lowest BCUT2D eigenvalue weighted by molar-refractivity contribution is -0.112. The number of rotatable bonds is 6. The number of halogens is 1. The summed E-state index contributed by atoms with van der Waals surface area (Å²) in [7, 11) is 0. The van der Waals surface area contributed by atoms with Crippen molar-refractivity contribution in [2.45, 2.75) is 25.8 Å². The van der Waals surface area contributed by atoms with Crippen LogP contribution in [0.15, 0.2) is 59.7 Å². The molecule has 0 bridgehead atoms. The summed E-state index contributed by atoms with van der Waals surface area (Å²) in [6, 6.07) is 8.55. The molecule has 1 heterocycles. The Hall–Kier alpha value is -1.84. The maximum atomic E-state index is 12.1. The van der Waals surface area contributed by atoms with Crippen LogP contribution < -0.4 is 10.6 Å². The number of carbonyl (C=O) groups excluding carboxylic acids is 1. The van der Waals surface area contributed by atoms with Crippen molar-refractivity contribution in [2.75, 3.05) is 11.9 Å². The number of anilines is 1. The third-order valence-corrected chi connectivity index (χ3v) is 3.72. The fourth-order valence-electron chi connectivity index (χ4n) is 2.18. The van der Waals surface area contributed by atoms with Crippen LogP contribution in [0.5, 0.6) is 0 Å². The molecule has 0 aromatic heterocycles. The largest absolute Gasteiger partial charge is 0.322 e. The number of amides is 1. The Morgan fingerprint density at radius 2 is 2.09 bits per heavy atom. The molecule has 0 spiro atoms. The van der Waals surface area contributed by atoms with Crippen LogP contribution in [0.1, 0.15) is 18.9 Å². The van der Waals surface area contributed by atoms with E-state index in [-0.39, 0.29) is 5.91 Å². The van der Waals surface area contributed by atoms with Gasteiger partial charge in [-0.25, -0.2) is 0 Å². The highest BCUT2D eigenvalue weighted by molar-refractivity contribution is 6.29. The number of carbonyl (C=O) groups is 1. The summed E-state index contributed by atoms with van der Waals surface area (Å²) in [6.07, 6.45) is 7.11. The highest BCUT2D eigenvalue weighted by atomic mass is 35.5. The van der Waals surface area contributed by atoms with Gasteiger partial charge < -0.3 is 10.6 Å². The zero-order valence-corrected chi connectivity index (χ0v) is 13.5. The van der Waals surface area contributed by atoms with Crippen LogP contribution in [0.2, 0.25) is 0 Å². The first-order valence-electron chi connectivity index (χ1n) is 7.38. The first kappa shape index (κ1) is 16.5. The van der Waals surface area contributed by atoms with Crippen molar-refractivity contribution >= 4 is 23.2 Å². The summed E-state index contributed by atoms with van der Waals surface area (Å²) in [4.78, 5) is 12.1. The van der Waals surface area contributed by atoms with E-state index in [1.54, 1.807) is 19.1 Å². The SMILES string of the molecule is C=C/C(=C\C=C(/C)Cl)C(=O)Nc1ccc(CC2CCN2)cc1. The second kappa shape index (κ2) is 7.97. The molecule has 116 valence electrons. The Labute approximate surface area is 136 Å². The van der Waals surface area contributed by atoms with E-state index < -0.39 is 0 Å². The van der Waals surface area contributed by atoms with E-state index in [9.17, 15) is 4.79 Å². The zero-order valence-electron chi connectivity index (χ0n) is 12.7. The molecular formula is C18H21ClN2O. The summed E-state index contributed by atoms with van der Waals surface area (Å²) in [6.45, 7) is 6.53. The average molecular weight is 317 g/mol. The molecule has 0 radical (unpaired) electrons. The van der Waals surface area contributed by atoms with Gasteiger partial charge in [0.2, 0.25) is 0 Å². The second-order valence-corrected chi connectivity index (χ2v) is 5.97. The van der Waals surface area contributed by atoms with Crippen molar-refractivity contribution in [1.82, 2.24) is 5.32 Å². The maximum Gasteiger partial charge on any atom is 0.255 e. The molecule has 0 saturated carbocycles. The Bertz CT molecular complexity index is 594. The molecule has 1 atom stereocenters. The Morgan fingerprint density at radius 3 is 2.59 bits per heavy atom. The van der Waals surface area contributed by atoms with Crippen molar-refractivity contribution in [2.24, 2.45) is 0 Å². The molecule has 3 nitrogen and oxygen atoms in total. The van der Waals surface area contributed by atoms with Gasteiger partial charge in [0, 0.05) is 22.3 Å². The maximum absolute atomic E-state index is 12.1. The van der Waals surface area contributed by atoms with Crippen LogP contribution in [-0.2, 0) is 11.2 Å². The van der Waals surface area contributed by atoms with Crippen LogP contribution in [-0.4, -0.2) is 18.5 Å². The van der Waals surface area contributed by atoms with Gasteiger partial charge >= 0.3 is 0 Å². The van der Waals surface area contributed by atoms with E-state index in [0.717, 1.165) is 18.7 Å². The molecule has 1 amide bonds. The molecule has 22 heavy (non-hydrogen) atoms. The minimum absolute atomic E-state index is 0.197.